The van der Waals surface area contributed by atoms with E-state index in [4.69, 9.17) is 34.8 Å². The van der Waals surface area contributed by atoms with Crippen molar-refractivity contribution < 1.29 is 0 Å². The number of rotatable bonds is 3. The van der Waals surface area contributed by atoms with E-state index in [0.29, 0.717) is 12.5 Å². The van der Waals surface area contributed by atoms with Gasteiger partial charge in [-0.15, -0.1) is 0 Å². The van der Waals surface area contributed by atoms with Crippen molar-refractivity contribution >= 4 is 40.8 Å². The van der Waals surface area contributed by atoms with E-state index in [1.54, 1.807) is 0 Å². The standard InChI is InChI=1S/C11H9Cl3N4/c1-6-7(3-2-4-8(6)12)5-15-11-17-9(13)16-10(14)18-11/h2-4H,5H2,1H3,(H,15,16,17,18). The molecule has 0 aliphatic carbocycles. The van der Waals surface area contributed by atoms with Crippen molar-refractivity contribution in [2.45, 2.75) is 13.5 Å². The fourth-order valence-electron chi connectivity index (χ4n) is 1.42. The van der Waals surface area contributed by atoms with Gasteiger partial charge < -0.3 is 5.32 Å². The first-order valence-electron chi connectivity index (χ1n) is 5.11. The number of aromatic nitrogens is 3. The van der Waals surface area contributed by atoms with Gasteiger partial charge in [-0.1, -0.05) is 23.7 Å². The number of hydrogen-bond donors (Lipinski definition) is 1. The Hall–Kier alpha value is -1.10. The summed E-state index contributed by atoms with van der Waals surface area (Å²) in [6.07, 6.45) is 0. The molecular weight excluding hydrogens is 295 g/mol. The van der Waals surface area contributed by atoms with E-state index >= 15 is 0 Å². The molecule has 18 heavy (non-hydrogen) atoms. The monoisotopic (exact) mass is 302 g/mol. The molecule has 0 radical (unpaired) electrons. The summed E-state index contributed by atoms with van der Waals surface area (Å²) in [7, 11) is 0. The molecule has 7 heteroatoms. The molecule has 1 aromatic heterocycles. The maximum atomic E-state index is 6.03. The summed E-state index contributed by atoms with van der Waals surface area (Å²) in [5, 5.41) is 3.86. The van der Waals surface area contributed by atoms with Crippen LogP contribution in [0.2, 0.25) is 15.6 Å². The van der Waals surface area contributed by atoms with Crippen molar-refractivity contribution in [1.82, 2.24) is 15.0 Å². The molecule has 0 atom stereocenters. The van der Waals surface area contributed by atoms with E-state index in [9.17, 15) is 0 Å². The third-order valence-electron chi connectivity index (χ3n) is 2.40. The smallest absolute Gasteiger partial charge is 0.228 e. The van der Waals surface area contributed by atoms with Crippen molar-refractivity contribution in [3.63, 3.8) is 0 Å². The minimum Gasteiger partial charge on any atom is -0.350 e. The van der Waals surface area contributed by atoms with Gasteiger partial charge in [0.05, 0.1) is 0 Å². The Morgan fingerprint density at radius 2 is 1.72 bits per heavy atom. The van der Waals surface area contributed by atoms with E-state index in [-0.39, 0.29) is 10.6 Å². The van der Waals surface area contributed by atoms with Gasteiger partial charge in [-0.2, -0.15) is 15.0 Å². The summed E-state index contributed by atoms with van der Waals surface area (Å²) in [5.74, 6) is 0.333. The number of nitrogens with zero attached hydrogens (tertiary/aromatic N) is 3. The van der Waals surface area contributed by atoms with Gasteiger partial charge in [0, 0.05) is 11.6 Å². The molecule has 0 unspecified atom stereocenters. The Bertz CT molecular complexity index is 554. The van der Waals surface area contributed by atoms with Gasteiger partial charge in [-0.25, -0.2) is 0 Å². The van der Waals surface area contributed by atoms with Gasteiger partial charge in [-0.3, -0.25) is 0 Å². The molecule has 1 aromatic carbocycles. The maximum absolute atomic E-state index is 6.03. The second kappa shape index (κ2) is 5.69. The first-order valence-corrected chi connectivity index (χ1v) is 6.24. The van der Waals surface area contributed by atoms with Crippen molar-refractivity contribution in [1.29, 1.82) is 0 Å². The van der Waals surface area contributed by atoms with E-state index in [0.717, 1.165) is 16.1 Å². The minimum atomic E-state index is 0.0558. The van der Waals surface area contributed by atoms with Gasteiger partial charge in [0.1, 0.15) is 0 Å². The minimum absolute atomic E-state index is 0.0558. The molecule has 4 nitrogen and oxygen atoms in total. The fraction of sp³-hybridized carbons (Fsp3) is 0.182. The van der Waals surface area contributed by atoms with Gasteiger partial charge in [0.2, 0.25) is 16.5 Å². The number of hydrogen-bond acceptors (Lipinski definition) is 4. The average Bonchev–Trinajstić information content (AvgIpc) is 2.30. The largest absolute Gasteiger partial charge is 0.350 e. The summed E-state index contributed by atoms with van der Waals surface area (Å²) in [6, 6.07) is 5.70. The summed E-state index contributed by atoms with van der Waals surface area (Å²) in [4.78, 5) is 11.5. The molecule has 0 fully saturated rings. The van der Waals surface area contributed by atoms with Crippen LogP contribution in [0.4, 0.5) is 5.95 Å². The SMILES string of the molecule is Cc1c(Cl)cccc1CNc1nc(Cl)nc(Cl)n1. The molecule has 0 saturated carbocycles. The Morgan fingerprint density at radius 1 is 1.06 bits per heavy atom. The Kier molecular flexibility index (Phi) is 4.22. The van der Waals surface area contributed by atoms with Crippen molar-refractivity contribution in [2.75, 3.05) is 5.32 Å². The third-order valence-corrected chi connectivity index (χ3v) is 3.15. The predicted molar refractivity (Wildman–Crippen MR) is 73.4 cm³/mol. The highest BCUT2D eigenvalue weighted by Crippen LogP contribution is 2.19. The van der Waals surface area contributed by atoms with Gasteiger partial charge >= 0.3 is 0 Å². The summed E-state index contributed by atoms with van der Waals surface area (Å²) < 4.78 is 0. The van der Waals surface area contributed by atoms with Gasteiger partial charge in [0.25, 0.3) is 0 Å². The van der Waals surface area contributed by atoms with Crippen LogP contribution in [0.25, 0.3) is 0 Å². The summed E-state index contributed by atoms with van der Waals surface area (Å²) in [5.41, 5.74) is 2.06. The first-order chi connectivity index (χ1) is 8.56. The molecule has 0 amide bonds. The molecule has 0 aliphatic rings. The lowest BCUT2D eigenvalue weighted by atomic mass is 10.1. The second-order valence-corrected chi connectivity index (χ2v) is 4.66. The Morgan fingerprint density at radius 3 is 2.39 bits per heavy atom. The lowest BCUT2D eigenvalue weighted by Crippen LogP contribution is -2.06. The molecular formula is C11H9Cl3N4. The molecule has 0 saturated heterocycles. The zero-order valence-electron chi connectivity index (χ0n) is 9.41. The second-order valence-electron chi connectivity index (χ2n) is 3.57. The number of nitrogens with one attached hydrogen (secondary N) is 1. The van der Waals surface area contributed by atoms with E-state index in [1.165, 1.54) is 0 Å². The molecule has 0 aliphatic heterocycles. The molecule has 1 heterocycles. The highest BCUT2D eigenvalue weighted by molar-refractivity contribution is 6.31. The zero-order chi connectivity index (χ0) is 13.1. The van der Waals surface area contributed by atoms with E-state index in [1.807, 2.05) is 25.1 Å². The van der Waals surface area contributed by atoms with Crippen LogP contribution in [-0.4, -0.2) is 15.0 Å². The average molecular weight is 304 g/mol. The highest BCUT2D eigenvalue weighted by Gasteiger charge is 2.05. The quantitative estimate of drug-likeness (QED) is 0.938. The summed E-state index contributed by atoms with van der Waals surface area (Å²) in [6.45, 7) is 2.48. The lowest BCUT2D eigenvalue weighted by molar-refractivity contribution is 0.997. The van der Waals surface area contributed by atoms with Crippen molar-refractivity contribution in [2.24, 2.45) is 0 Å². The third kappa shape index (κ3) is 3.22. The summed E-state index contributed by atoms with van der Waals surface area (Å²) >= 11 is 17.4. The van der Waals surface area contributed by atoms with Crippen LogP contribution in [-0.2, 0) is 6.54 Å². The molecule has 2 rings (SSSR count). The van der Waals surface area contributed by atoms with E-state index in [2.05, 4.69) is 20.3 Å². The van der Waals surface area contributed by atoms with E-state index < -0.39 is 0 Å². The molecule has 0 spiro atoms. The molecule has 0 bridgehead atoms. The zero-order valence-corrected chi connectivity index (χ0v) is 11.7. The molecule has 1 N–H and O–H groups in total. The topological polar surface area (TPSA) is 50.7 Å². The van der Waals surface area contributed by atoms with Crippen molar-refractivity contribution in [3.05, 3.63) is 44.9 Å². The van der Waals surface area contributed by atoms with Crippen LogP contribution >= 0.6 is 34.8 Å². The van der Waals surface area contributed by atoms with Crippen LogP contribution in [0.1, 0.15) is 11.1 Å². The first kappa shape index (κ1) is 13.3. The number of halogens is 3. The van der Waals surface area contributed by atoms with Crippen molar-refractivity contribution in [3.8, 4) is 0 Å². The maximum Gasteiger partial charge on any atom is 0.228 e. The van der Waals surface area contributed by atoms with Crippen LogP contribution in [0.5, 0.6) is 0 Å². The van der Waals surface area contributed by atoms with Gasteiger partial charge in [-0.05, 0) is 47.3 Å². The number of anilines is 1. The lowest BCUT2D eigenvalue weighted by Gasteiger charge is -2.08. The Balaban J connectivity index is 2.14. The Labute approximate surface area is 119 Å². The molecule has 94 valence electrons. The van der Waals surface area contributed by atoms with Crippen LogP contribution in [0.3, 0.4) is 0 Å². The normalized spacial score (nSPS) is 10.4. The number of benzene rings is 1. The molecule has 2 aromatic rings. The van der Waals surface area contributed by atoms with Crippen LogP contribution in [0.15, 0.2) is 18.2 Å². The predicted octanol–water partition coefficient (Wildman–Crippen LogP) is 3.75. The van der Waals surface area contributed by atoms with Crippen LogP contribution in [0, 0.1) is 6.92 Å². The van der Waals surface area contributed by atoms with Crippen LogP contribution < -0.4 is 5.32 Å². The fourth-order valence-corrected chi connectivity index (χ4v) is 1.98. The van der Waals surface area contributed by atoms with Gasteiger partial charge in [0.15, 0.2) is 0 Å². The highest BCUT2D eigenvalue weighted by atomic mass is 35.5.